The third kappa shape index (κ3) is 2.44. The lowest BCUT2D eigenvalue weighted by Crippen LogP contribution is -2.02. The second kappa shape index (κ2) is 5.95. The summed E-state index contributed by atoms with van der Waals surface area (Å²) in [5.74, 6) is 2.03. The van der Waals surface area contributed by atoms with Crippen LogP contribution in [0.2, 0.25) is 0 Å². The predicted molar refractivity (Wildman–Crippen MR) is 88.7 cm³/mol. The van der Waals surface area contributed by atoms with Crippen molar-refractivity contribution in [1.29, 1.82) is 0 Å². The summed E-state index contributed by atoms with van der Waals surface area (Å²) in [5.41, 5.74) is 3.92. The number of ether oxygens (including phenoxy) is 3. The van der Waals surface area contributed by atoms with Crippen molar-refractivity contribution in [3.63, 3.8) is 0 Å². The van der Waals surface area contributed by atoms with Gasteiger partial charge in [-0.25, -0.2) is 0 Å². The zero-order valence-electron chi connectivity index (χ0n) is 13.8. The average Bonchev–Trinajstić information content (AvgIpc) is 2.88. The van der Waals surface area contributed by atoms with Crippen molar-refractivity contribution in [2.75, 3.05) is 21.3 Å². The summed E-state index contributed by atoms with van der Waals surface area (Å²) in [6, 6.07) is 9.70. The minimum Gasteiger partial charge on any atom is -0.493 e. The normalized spacial score (nSPS) is 16.2. The van der Waals surface area contributed by atoms with Gasteiger partial charge in [0, 0.05) is 11.5 Å². The molecule has 0 heterocycles. The number of hydrogen-bond donors (Lipinski definition) is 0. The Morgan fingerprint density at radius 2 is 1.57 bits per heavy atom. The van der Waals surface area contributed by atoms with Crippen molar-refractivity contribution >= 4 is 5.78 Å². The molecule has 0 fully saturated rings. The monoisotopic (exact) mass is 312 g/mol. The number of ketones is 1. The van der Waals surface area contributed by atoms with Crippen LogP contribution in [0.3, 0.4) is 0 Å². The van der Waals surface area contributed by atoms with Crippen molar-refractivity contribution in [2.45, 2.75) is 13.3 Å². The molecular weight excluding hydrogens is 292 g/mol. The fourth-order valence-electron chi connectivity index (χ4n) is 3.21. The topological polar surface area (TPSA) is 44.8 Å². The predicted octanol–water partition coefficient (Wildman–Crippen LogP) is 3.75. The molecule has 0 N–H and O–H groups in total. The summed E-state index contributed by atoms with van der Waals surface area (Å²) in [6.07, 6.45) is 0.765. The van der Waals surface area contributed by atoms with Crippen molar-refractivity contribution in [3.8, 4) is 28.4 Å². The molecule has 1 unspecified atom stereocenters. The van der Waals surface area contributed by atoms with Crippen LogP contribution in [0, 0.1) is 5.92 Å². The lowest BCUT2D eigenvalue weighted by atomic mass is 9.96. The molecule has 23 heavy (non-hydrogen) atoms. The maximum atomic E-state index is 12.3. The molecule has 0 bridgehead atoms. The first-order chi connectivity index (χ1) is 11.1. The van der Waals surface area contributed by atoms with Gasteiger partial charge in [-0.2, -0.15) is 0 Å². The van der Waals surface area contributed by atoms with Crippen LogP contribution in [-0.2, 0) is 6.42 Å². The van der Waals surface area contributed by atoms with Crippen LogP contribution in [0.5, 0.6) is 17.2 Å². The van der Waals surface area contributed by atoms with E-state index >= 15 is 0 Å². The summed E-state index contributed by atoms with van der Waals surface area (Å²) >= 11 is 0. The number of methoxy groups -OCH3 is 3. The molecular formula is C19H20O4. The van der Waals surface area contributed by atoms with Crippen molar-refractivity contribution < 1.29 is 19.0 Å². The van der Waals surface area contributed by atoms with E-state index in [1.807, 2.05) is 37.3 Å². The molecule has 0 aliphatic heterocycles. The van der Waals surface area contributed by atoms with Crippen LogP contribution in [0.15, 0.2) is 30.3 Å². The number of carbonyl (C=O) groups excluding carboxylic acids is 1. The lowest BCUT2D eigenvalue weighted by molar-refractivity contribution is 0.0946. The molecule has 0 amide bonds. The summed E-state index contributed by atoms with van der Waals surface area (Å²) in [5, 5.41) is 0. The highest BCUT2D eigenvalue weighted by atomic mass is 16.5. The quantitative estimate of drug-likeness (QED) is 0.862. The van der Waals surface area contributed by atoms with Crippen molar-refractivity contribution in [3.05, 3.63) is 41.5 Å². The molecule has 4 nitrogen and oxygen atoms in total. The molecule has 0 spiro atoms. The van der Waals surface area contributed by atoms with Crippen molar-refractivity contribution in [1.82, 2.24) is 0 Å². The number of carbonyl (C=O) groups is 1. The van der Waals surface area contributed by atoms with Crippen LogP contribution in [0.1, 0.15) is 22.8 Å². The lowest BCUT2D eigenvalue weighted by Gasteiger charge is -2.15. The maximum absolute atomic E-state index is 12.3. The second-order valence-electron chi connectivity index (χ2n) is 5.72. The zero-order chi connectivity index (χ0) is 16.6. The number of Topliss-reactive ketones (excluding diaryl/α,β-unsaturated/α-hetero) is 1. The number of benzene rings is 2. The van der Waals surface area contributed by atoms with E-state index in [4.69, 9.17) is 14.2 Å². The van der Waals surface area contributed by atoms with E-state index < -0.39 is 0 Å². The Morgan fingerprint density at radius 1 is 0.957 bits per heavy atom. The summed E-state index contributed by atoms with van der Waals surface area (Å²) in [6.45, 7) is 1.97. The van der Waals surface area contributed by atoms with E-state index in [1.54, 1.807) is 21.3 Å². The molecule has 0 saturated heterocycles. The first-order valence-electron chi connectivity index (χ1n) is 7.57. The van der Waals surface area contributed by atoms with Crippen LogP contribution in [0.4, 0.5) is 0 Å². The fourth-order valence-corrected chi connectivity index (χ4v) is 3.21. The Labute approximate surface area is 136 Å². The molecule has 2 aromatic rings. The third-order valence-corrected chi connectivity index (χ3v) is 4.38. The van der Waals surface area contributed by atoms with E-state index in [1.165, 1.54) is 0 Å². The van der Waals surface area contributed by atoms with Gasteiger partial charge in [0.1, 0.15) is 0 Å². The summed E-state index contributed by atoms with van der Waals surface area (Å²) in [7, 11) is 4.78. The van der Waals surface area contributed by atoms with E-state index in [2.05, 4.69) is 0 Å². The number of hydrogen-bond acceptors (Lipinski definition) is 4. The van der Waals surface area contributed by atoms with Gasteiger partial charge in [-0.15, -0.1) is 0 Å². The molecule has 3 rings (SSSR count). The first kappa shape index (κ1) is 15.4. The SMILES string of the molecule is COc1cc(-c2cccc3c2CC(C)C3=O)cc(OC)c1OC. The van der Waals surface area contributed by atoms with E-state index in [9.17, 15) is 4.79 Å². The van der Waals surface area contributed by atoms with Gasteiger partial charge in [0.25, 0.3) is 0 Å². The number of fused-ring (bicyclic) bond motifs is 1. The minimum atomic E-state index is 0.0354. The van der Waals surface area contributed by atoms with Gasteiger partial charge >= 0.3 is 0 Å². The van der Waals surface area contributed by atoms with Gasteiger partial charge in [-0.05, 0) is 35.2 Å². The zero-order valence-corrected chi connectivity index (χ0v) is 13.8. The van der Waals surface area contributed by atoms with Gasteiger partial charge in [0.2, 0.25) is 5.75 Å². The van der Waals surface area contributed by atoms with Crippen LogP contribution < -0.4 is 14.2 Å². The van der Waals surface area contributed by atoms with Gasteiger partial charge in [0.05, 0.1) is 21.3 Å². The minimum absolute atomic E-state index is 0.0354. The molecule has 4 heteroatoms. The Morgan fingerprint density at radius 3 is 2.13 bits per heavy atom. The van der Waals surface area contributed by atoms with Crippen molar-refractivity contribution in [2.24, 2.45) is 5.92 Å². The molecule has 0 aromatic heterocycles. The molecule has 0 radical (unpaired) electrons. The third-order valence-electron chi connectivity index (χ3n) is 4.38. The Bertz CT molecular complexity index is 739. The summed E-state index contributed by atoms with van der Waals surface area (Å²) < 4.78 is 16.2. The standard InChI is InChI=1S/C19H20O4/c1-11-8-15-13(6-5-7-14(15)18(11)20)12-9-16(21-2)19(23-4)17(10-12)22-3/h5-7,9-11H,8H2,1-4H3. The van der Waals surface area contributed by atoms with Crippen LogP contribution >= 0.6 is 0 Å². The summed E-state index contributed by atoms with van der Waals surface area (Å²) in [4.78, 5) is 12.3. The largest absolute Gasteiger partial charge is 0.493 e. The highest BCUT2D eigenvalue weighted by Crippen LogP contribution is 2.43. The maximum Gasteiger partial charge on any atom is 0.203 e. The molecule has 1 aliphatic rings. The fraction of sp³-hybridized carbons (Fsp3) is 0.316. The van der Waals surface area contributed by atoms with Gasteiger partial charge < -0.3 is 14.2 Å². The van der Waals surface area contributed by atoms with Crippen LogP contribution in [-0.4, -0.2) is 27.1 Å². The van der Waals surface area contributed by atoms with E-state index in [0.29, 0.717) is 17.2 Å². The Balaban J connectivity index is 2.20. The van der Waals surface area contributed by atoms with E-state index in [0.717, 1.165) is 28.7 Å². The highest BCUT2D eigenvalue weighted by Gasteiger charge is 2.29. The molecule has 120 valence electrons. The van der Waals surface area contributed by atoms with E-state index in [-0.39, 0.29) is 11.7 Å². The second-order valence-corrected chi connectivity index (χ2v) is 5.72. The smallest absolute Gasteiger partial charge is 0.203 e. The Hall–Kier alpha value is -2.49. The average molecular weight is 312 g/mol. The molecule has 2 aromatic carbocycles. The van der Waals surface area contributed by atoms with Crippen LogP contribution in [0.25, 0.3) is 11.1 Å². The highest BCUT2D eigenvalue weighted by molar-refractivity contribution is 6.04. The molecule has 1 atom stereocenters. The molecule has 1 aliphatic carbocycles. The van der Waals surface area contributed by atoms with Gasteiger partial charge in [0.15, 0.2) is 17.3 Å². The number of rotatable bonds is 4. The van der Waals surface area contributed by atoms with Gasteiger partial charge in [-0.3, -0.25) is 4.79 Å². The Kier molecular flexibility index (Phi) is 3.99. The van der Waals surface area contributed by atoms with Gasteiger partial charge in [-0.1, -0.05) is 25.1 Å². The first-order valence-corrected chi connectivity index (χ1v) is 7.57. The molecule has 0 saturated carbocycles.